The molecule has 2 N–H and O–H groups in total. The highest BCUT2D eigenvalue weighted by atomic mass is 35.5. The van der Waals surface area contributed by atoms with Crippen LogP contribution < -0.4 is 15.0 Å². The van der Waals surface area contributed by atoms with Crippen molar-refractivity contribution in [3.8, 4) is 11.5 Å². The summed E-state index contributed by atoms with van der Waals surface area (Å²) in [6.07, 6.45) is 1.23. The van der Waals surface area contributed by atoms with Gasteiger partial charge in [0.25, 0.3) is 0 Å². The summed E-state index contributed by atoms with van der Waals surface area (Å²) in [7, 11) is 1.71. The van der Waals surface area contributed by atoms with Gasteiger partial charge in [0.1, 0.15) is 11.5 Å². The quantitative estimate of drug-likeness (QED) is 0.587. The third-order valence-corrected chi connectivity index (χ3v) is 5.81. The molecule has 176 valence electrons. The Bertz CT molecular complexity index is 890. The van der Waals surface area contributed by atoms with Gasteiger partial charge in [0.2, 0.25) is 5.91 Å². The van der Waals surface area contributed by atoms with Crippen LogP contribution in [0.1, 0.15) is 39.2 Å². The predicted molar refractivity (Wildman–Crippen MR) is 134 cm³/mol. The molecule has 0 unspecified atom stereocenters. The molecule has 1 aliphatic heterocycles. The molecule has 1 fully saturated rings. The summed E-state index contributed by atoms with van der Waals surface area (Å²) in [5.74, 6) is 0.953. The van der Waals surface area contributed by atoms with Gasteiger partial charge in [-0.2, -0.15) is 0 Å². The largest absolute Gasteiger partial charge is 0.506 e. The van der Waals surface area contributed by atoms with Gasteiger partial charge in [-0.3, -0.25) is 9.69 Å². The number of benzene rings is 2. The van der Waals surface area contributed by atoms with Gasteiger partial charge in [-0.25, -0.2) is 0 Å². The second-order valence-electron chi connectivity index (χ2n) is 9.13. The lowest BCUT2D eigenvalue weighted by Gasteiger charge is -2.36. The third-order valence-electron chi connectivity index (χ3n) is 5.81. The average molecular weight is 462 g/mol. The minimum atomic E-state index is -0.0611. The number of nitrogens with one attached hydrogen (secondary N) is 1. The number of carbonyl (C=O) groups excluding carboxylic acids is 1. The van der Waals surface area contributed by atoms with E-state index < -0.39 is 0 Å². The van der Waals surface area contributed by atoms with Gasteiger partial charge in [0.15, 0.2) is 0 Å². The van der Waals surface area contributed by atoms with Crippen molar-refractivity contribution in [3.63, 3.8) is 0 Å². The number of hydrogen-bond acceptors (Lipinski definition) is 5. The SMILES string of the molecule is COc1ccccc1N1CCN(CCCC(=O)Nc2cc(C(C)(C)C)ccc2O)CC1.Cl. The van der Waals surface area contributed by atoms with Crippen LogP contribution in [0, 0.1) is 0 Å². The molecule has 3 rings (SSSR count). The fourth-order valence-corrected chi connectivity index (χ4v) is 3.88. The Labute approximate surface area is 198 Å². The molecule has 7 heteroatoms. The normalized spacial score (nSPS) is 14.6. The lowest BCUT2D eigenvalue weighted by Crippen LogP contribution is -2.46. The highest BCUT2D eigenvalue weighted by Crippen LogP contribution is 2.31. The third kappa shape index (κ3) is 6.78. The van der Waals surface area contributed by atoms with Gasteiger partial charge >= 0.3 is 0 Å². The van der Waals surface area contributed by atoms with E-state index in [2.05, 4.69) is 42.0 Å². The maximum Gasteiger partial charge on any atom is 0.224 e. The maximum absolute atomic E-state index is 12.4. The number of rotatable bonds is 7. The van der Waals surface area contributed by atoms with E-state index in [9.17, 15) is 9.90 Å². The summed E-state index contributed by atoms with van der Waals surface area (Å²) >= 11 is 0. The lowest BCUT2D eigenvalue weighted by molar-refractivity contribution is -0.116. The summed E-state index contributed by atoms with van der Waals surface area (Å²) in [5, 5.41) is 13.0. The number of carbonyl (C=O) groups is 1. The molecule has 2 aromatic carbocycles. The minimum Gasteiger partial charge on any atom is -0.506 e. The summed E-state index contributed by atoms with van der Waals surface area (Å²) in [6.45, 7) is 11.0. The van der Waals surface area contributed by atoms with E-state index in [1.807, 2.05) is 30.3 Å². The van der Waals surface area contributed by atoms with Gasteiger partial charge < -0.3 is 20.1 Å². The van der Waals surface area contributed by atoms with Crippen LogP contribution in [0.2, 0.25) is 0 Å². The van der Waals surface area contributed by atoms with E-state index in [-0.39, 0.29) is 29.5 Å². The Morgan fingerprint density at radius 3 is 2.44 bits per heavy atom. The van der Waals surface area contributed by atoms with Crippen molar-refractivity contribution in [3.05, 3.63) is 48.0 Å². The van der Waals surface area contributed by atoms with Crippen LogP contribution in [-0.4, -0.2) is 55.7 Å². The van der Waals surface area contributed by atoms with Crippen LogP contribution in [0.5, 0.6) is 11.5 Å². The number of halogens is 1. The van der Waals surface area contributed by atoms with Crippen molar-refractivity contribution >= 4 is 29.7 Å². The fourth-order valence-electron chi connectivity index (χ4n) is 3.88. The molecule has 0 bridgehead atoms. The first-order chi connectivity index (χ1) is 14.8. The summed E-state index contributed by atoms with van der Waals surface area (Å²) < 4.78 is 5.48. The minimum absolute atomic E-state index is 0. The number of methoxy groups -OCH3 is 1. The topological polar surface area (TPSA) is 65.0 Å². The van der Waals surface area contributed by atoms with Gasteiger partial charge in [-0.05, 0) is 48.2 Å². The zero-order chi connectivity index (χ0) is 22.4. The Kier molecular flexibility index (Phi) is 9.22. The monoisotopic (exact) mass is 461 g/mol. The molecule has 6 nitrogen and oxygen atoms in total. The number of amides is 1. The highest BCUT2D eigenvalue weighted by molar-refractivity contribution is 5.92. The van der Waals surface area contributed by atoms with Crippen LogP contribution in [0.3, 0.4) is 0 Å². The number of phenolic OH excluding ortho intramolecular Hbond substituents is 1. The molecule has 0 aliphatic carbocycles. The van der Waals surface area contributed by atoms with Crippen LogP contribution in [0.25, 0.3) is 0 Å². The van der Waals surface area contributed by atoms with E-state index in [1.165, 1.54) is 0 Å². The molecular formula is C25H36ClN3O3. The fraction of sp³-hybridized carbons (Fsp3) is 0.480. The van der Waals surface area contributed by atoms with E-state index in [4.69, 9.17) is 4.74 Å². The number of hydrogen-bond donors (Lipinski definition) is 2. The molecule has 0 saturated carbocycles. The maximum atomic E-state index is 12.4. The Balaban J connectivity index is 0.00000363. The summed E-state index contributed by atoms with van der Waals surface area (Å²) in [4.78, 5) is 17.2. The molecule has 2 aromatic rings. The standard InChI is InChI=1S/C25H35N3O3.ClH/c1-25(2,3)19-11-12-22(29)20(18-19)26-24(30)10-7-13-27-14-16-28(17-15-27)21-8-5-6-9-23(21)31-4;/h5-6,8-9,11-12,18,29H,7,10,13-17H2,1-4H3,(H,26,30);1H. The molecule has 32 heavy (non-hydrogen) atoms. The molecular weight excluding hydrogens is 426 g/mol. The first-order valence-corrected chi connectivity index (χ1v) is 11.0. The smallest absolute Gasteiger partial charge is 0.224 e. The second-order valence-corrected chi connectivity index (χ2v) is 9.13. The molecule has 1 aliphatic rings. The first kappa shape index (κ1) is 25.8. The molecule has 1 saturated heterocycles. The molecule has 1 heterocycles. The van der Waals surface area contributed by atoms with Crippen molar-refractivity contribution < 1.29 is 14.6 Å². The number of para-hydroxylation sites is 2. The first-order valence-electron chi connectivity index (χ1n) is 11.0. The number of nitrogens with zero attached hydrogens (tertiary/aromatic N) is 2. The van der Waals surface area contributed by atoms with Crippen LogP contribution in [-0.2, 0) is 10.2 Å². The van der Waals surface area contributed by atoms with E-state index >= 15 is 0 Å². The molecule has 0 atom stereocenters. The zero-order valence-electron chi connectivity index (χ0n) is 19.6. The Hall–Kier alpha value is -2.44. The number of anilines is 2. The molecule has 0 radical (unpaired) electrons. The number of aromatic hydroxyl groups is 1. The van der Waals surface area contributed by atoms with Crippen molar-refractivity contribution in [1.29, 1.82) is 0 Å². The highest BCUT2D eigenvalue weighted by Gasteiger charge is 2.20. The number of ether oxygens (including phenoxy) is 1. The summed E-state index contributed by atoms with van der Waals surface area (Å²) in [5.41, 5.74) is 2.66. The average Bonchev–Trinajstić information content (AvgIpc) is 2.75. The Morgan fingerprint density at radius 2 is 1.78 bits per heavy atom. The predicted octanol–water partition coefficient (Wildman–Crippen LogP) is 4.66. The van der Waals surface area contributed by atoms with Crippen LogP contribution in [0.15, 0.2) is 42.5 Å². The van der Waals surface area contributed by atoms with E-state index in [0.717, 1.165) is 56.1 Å². The number of phenols is 1. The van der Waals surface area contributed by atoms with Crippen LogP contribution in [0.4, 0.5) is 11.4 Å². The van der Waals surface area contributed by atoms with E-state index in [1.54, 1.807) is 13.2 Å². The van der Waals surface area contributed by atoms with Gasteiger partial charge in [-0.15, -0.1) is 12.4 Å². The second kappa shape index (κ2) is 11.4. The Morgan fingerprint density at radius 1 is 1.09 bits per heavy atom. The van der Waals surface area contributed by atoms with Gasteiger partial charge in [-0.1, -0.05) is 39.0 Å². The van der Waals surface area contributed by atoms with Crippen LogP contribution >= 0.6 is 12.4 Å². The lowest BCUT2D eigenvalue weighted by atomic mass is 9.87. The molecule has 1 amide bonds. The van der Waals surface area contributed by atoms with Crippen molar-refractivity contribution in [2.45, 2.75) is 39.0 Å². The van der Waals surface area contributed by atoms with Crippen molar-refractivity contribution in [2.75, 3.05) is 50.1 Å². The number of piperazine rings is 1. The zero-order valence-corrected chi connectivity index (χ0v) is 20.4. The molecule has 0 spiro atoms. The van der Waals surface area contributed by atoms with Gasteiger partial charge in [0, 0.05) is 32.6 Å². The van der Waals surface area contributed by atoms with Crippen molar-refractivity contribution in [2.24, 2.45) is 0 Å². The van der Waals surface area contributed by atoms with E-state index in [0.29, 0.717) is 12.1 Å². The van der Waals surface area contributed by atoms with Crippen molar-refractivity contribution in [1.82, 2.24) is 4.90 Å². The summed E-state index contributed by atoms with van der Waals surface area (Å²) in [6, 6.07) is 13.5. The molecule has 0 aromatic heterocycles. The van der Waals surface area contributed by atoms with Gasteiger partial charge in [0.05, 0.1) is 18.5 Å².